The lowest BCUT2D eigenvalue weighted by Crippen LogP contribution is -2.19. The Morgan fingerprint density at radius 2 is 2.06 bits per heavy atom. The van der Waals surface area contributed by atoms with Crippen molar-refractivity contribution in [2.75, 3.05) is 0 Å². The number of nitrogens with zero attached hydrogens (tertiary/aromatic N) is 1. The van der Waals surface area contributed by atoms with Crippen molar-refractivity contribution in [2.45, 2.75) is 25.5 Å². The molecular formula is C11H13BrFNOS. The van der Waals surface area contributed by atoms with E-state index in [1.165, 1.54) is 12.3 Å². The molecule has 16 heavy (non-hydrogen) atoms. The van der Waals surface area contributed by atoms with Gasteiger partial charge in [0.25, 0.3) is 0 Å². The van der Waals surface area contributed by atoms with Crippen molar-refractivity contribution in [3.05, 3.63) is 34.1 Å². The predicted molar refractivity (Wildman–Crippen MR) is 69.6 cm³/mol. The highest BCUT2D eigenvalue weighted by Gasteiger charge is 2.18. The first-order valence-corrected chi connectivity index (χ1v) is 6.62. The minimum Gasteiger partial charge on any atom is -0.234 e. The molecule has 0 bridgehead atoms. The molecule has 0 aromatic heterocycles. The van der Waals surface area contributed by atoms with Crippen LogP contribution < -0.4 is 0 Å². The molecule has 1 aromatic carbocycles. The Bertz CT molecular complexity index is 440. The summed E-state index contributed by atoms with van der Waals surface area (Å²) in [6.07, 6.45) is 1.49. The van der Waals surface area contributed by atoms with Gasteiger partial charge in [-0.05, 0) is 54.4 Å². The molecule has 0 amide bonds. The van der Waals surface area contributed by atoms with Crippen LogP contribution in [0.25, 0.3) is 0 Å². The lowest BCUT2D eigenvalue weighted by Gasteiger charge is -2.12. The SMILES string of the molecule is CC(C)(C)[S@](=O)/N=C/c1ccc(F)c(Br)c1. The summed E-state index contributed by atoms with van der Waals surface area (Å²) in [6.45, 7) is 5.54. The molecule has 0 saturated heterocycles. The van der Waals surface area contributed by atoms with Crippen molar-refractivity contribution in [1.82, 2.24) is 0 Å². The second-order valence-corrected chi connectivity index (χ2v) is 7.06. The molecular weight excluding hydrogens is 293 g/mol. The van der Waals surface area contributed by atoms with Crippen LogP contribution in [0, 0.1) is 5.82 Å². The normalized spacial score (nSPS) is 14.3. The van der Waals surface area contributed by atoms with Gasteiger partial charge in [0.05, 0.1) is 9.22 Å². The minimum atomic E-state index is -1.29. The van der Waals surface area contributed by atoms with E-state index in [0.29, 0.717) is 10.0 Å². The van der Waals surface area contributed by atoms with E-state index in [1.807, 2.05) is 20.8 Å². The standard InChI is InChI=1S/C11H13BrFNOS/c1-11(2,3)16(15)14-7-8-4-5-10(13)9(12)6-8/h4-7H,1-3H3/b14-7+/t16-/m0/s1. The van der Waals surface area contributed by atoms with Crippen LogP contribution in [0.4, 0.5) is 4.39 Å². The number of rotatable bonds is 2. The second-order valence-electron chi connectivity index (χ2n) is 4.27. The van der Waals surface area contributed by atoms with Gasteiger partial charge in [0.2, 0.25) is 0 Å². The van der Waals surface area contributed by atoms with Gasteiger partial charge in [0, 0.05) is 6.21 Å². The lowest BCUT2D eigenvalue weighted by molar-refractivity contribution is 0.621. The fraction of sp³-hybridized carbons (Fsp3) is 0.364. The molecule has 88 valence electrons. The molecule has 1 aromatic rings. The fourth-order valence-electron chi connectivity index (χ4n) is 0.860. The fourth-order valence-corrected chi connectivity index (χ4v) is 1.79. The first-order valence-electron chi connectivity index (χ1n) is 4.72. The predicted octanol–water partition coefficient (Wildman–Crippen LogP) is 3.47. The zero-order valence-electron chi connectivity index (χ0n) is 9.33. The molecule has 2 nitrogen and oxygen atoms in total. The van der Waals surface area contributed by atoms with E-state index >= 15 is 0 Å². The van der Waals surface area contributed by atoms with Crippen molar-refractivity contribution < 1.29 is 8.60 Å². The molecule has 5 heteroatoms. The molecule has 1 rings (SSSR count). The van der Waals surface area contributed by atoms with Gasteiger partial charge < -0.3 is 0 Å². The van der Waals surface area contributed by atoms with Crippen molar-refractivity contribution in [1.29, 1.82) is 0 Å². The summed E-state index contributed by atoms with van der Waals surface area (Å²) < 4.78 is 28.5. The average molecular weight is 306 g/mol. The van der Waals surface area contributed by atoms with Gasteiger partial charge in [-0.2, -0.15) is 4.40 Å². The van der Waals surface area contributed by atoms with Crippen LogP contribution in [-0.4, -0.2) is 15.2 Å². The van der Waals surface area contributed by atoms with Gasteiger partial charge in [0.15, 0.2) is 0 Å². The smallest absolute Gasteiger partial charge is 0.144 e. The van der Waals surface area contributed by atoms with Gasteiger partial charge in [-0.15, -0.1) is 0 Å². The van der Waals surface area contributed by atoms with Crippen LogP contribution in [0.15, 0.2) is 27.1 Å². The molecule has 0 heterocycles. The van der Waals surface area contributed by atoms with E-state index in [2.05, 4.69) is 20.3 Å². The van der Waals surface area contributed by atoms with Crippen LogP contribution in [0.5, 0.6) is 0 Å². The molecule has 0 aliphatic carbocycles. The summed E-state index contributed by atoms with van der Waals surface area (Å²) in [5, 5.41) is 0. The topological polar surface area (TPSA) is 29.4 Å². The summed E-state index contributed by atoms with van der Waals surface area (Å²) in [6, 6.07) is 4.52. The summed E-state index contributed by atoms with van der Waals surface area (Å²) in [5.74, 6) is -0.325. The van der Waals surface area contributed by atoms with E-state index in [-0.39, 0.29) is 10.6 Å². The quantitative estimate of drug-likeness (QED) is 0.769. The molecule has 0 radical (unpaired) electrons. The van der Waals surface area contributed by atoms with Crippen molar-refractivity contribution >= 4 is 33.1 Å². The van der Waals surface area contributed by atoms with E-state index in [9.17, 15) is 8.60 Å². The van der Waals surface area contributed by atoms with E-state index in [1.54, 1.807) is 12.1 Å². The van der Waals surface area contributed by atoms with Crippen LogP contribution in [-0.2, 0) is 11.0 Å². The Morgan fingerprint density at radius 3 is 2.56 bits per heavy atom. The first-order chi connectivity index (χ1) is 7.30. The van der Waals surface area contributed by atoms with Crippen LogP contribution in [0.2, 0.25) is 0 Å². The maximum Gasteiger partial charge on any atom is 0.144 e. The molecule has 0 N–H and O–H groups in total. The van der Waals surface area contributed by atoms with Gasteiger partial charge in [-0.25, -0.2) is 8.60 Å². The van der Waals surface area contributed by atoms with Gasteiger partial charge in [-0.1, -0.05) is 6.07 Å². The van der Waals surface area contributed by atoms with Crippen LogP contribution in [0.1, 0.15) is 26.3 Å². The molecule has 1 atom stereocenters. The Kier molecular flexibility index (Phi) is 4.38. The molecule has 0 spiro atoms. The van der Waals surface area contributed by atoms with Crippen LogP contribution in [0.3, 0.4) is 0 Å². The molecule has 0 aliphatic rings. The Hall–Kier alpha value is -0.550. The molecule has 0 fully saturated rings. The maximum absolute atomic E-state index is 12.9. The largest absolute Gasteiger partial charge is 0.234 e. The van der Waals surface area contributed by atoms with Gasteiger partial charge in [-0.3, -0.25) is 0 Å². The molecule has 0 saturated carbocycles. The lowest BCUT2D eigenvalue weighted by atomic mass is 10.2. The van der Waals surface area contributed by atoms with Gasteiger partial charge in [0.1, 0.15) is 16.8 Å². The van der Waals surface area contributed by atoms with Crippen molar-refractivity contribution in [2.24, 2.45) is 4.40 Å². The summed E-state index contributed by atoms with van der Waals surface area (Å²) in [4.78, 5) is 0. The summed E-state index contributed by atoms with van der Waals surface area (Å²) >= 11 is 3.08. The number of benzene rings is 1. The summed E-state index contributed by atoms with van der Waals surface area (Å²) in [7, 11) is -1.29. The van der Waals surface area contributed by atoms with Crippen molar-refractivity contribution in [3.63, 3.8) is 0 Å². The first kappa shape index (κ1) is 13.5. The minimum absolute atomic E-state index is 0.325. The highest BCUT2D eigenvalue weighted by molar-refractivity contribution is 9.10. The zero-order chi connectivity index (χ0) is 12.3. The Morgan fingerprint density at radius 1 is 1.44 bits per heavy atom. The monoisotopic (exact) mass is 305 g/mol. The van der Waals surface area contributed by atoms with E-state index < -0.39 is 11.0 Å². The maximum atomic E-state index is 12.9. The average Bonchev–Trinajstić information content (AvgIpc) is 2.18. The molecule has 0 unspecified atom stereocenters. The van der Waals surface area contributed by atoms with Gasteiger partial charge >= 0.3 is 0 Å². The highest BCUT2D eigenvalue weighted by atomic mass is 79.9. The third-order valence-corrected chi connectivity index (χ3v) is 3.72. The zero-order valence-corrected chi connectivity index (χ0v) is 11.7. The Balaban J connectivity index is 2.85. The highest BCUT2D eigenvalue weighted by Crippen LogP contribution is 2.16. The number of hydrogen-bond acceptors (Lipinski definition) is 1. The Labute approximate surface area is 106 Å². The van der Waals surface area contributed by atoms with Crippen LogP contribution >= 0.6 is 15.9 Å². The van der Waals surface area contributed by atoms with E-state index in [0.717, 1.165) is 0 Å². The molecule has 0 aliphatic heterocycles. The number of hydrogen-bond donors (Lipinski definition) is 0. The van der Waals surface area contributed by atoms with E-state index in [4.69, 9.17) is 0 Å². The third kappa shape index (κ3) is 3.79. The summed E-state index contributed by atoms with van der Waals surface area (Å²) in [5.41, 5.74) is 0.714. The second kappa shape index (κ2) is 5.19. The third-order valence-electron chi connectivity index (χ3n) is 1.77. The number of halogens is 2. The van der Waals surface area contributed by atoms with Crippen molar-refractivity contribution in [3.8, 4) is 0 Å².